The SMILES string of the molecule is Cc1[nH]c(C(N)=O)c(C)c1C=O. The topological polar surface area (TPSA) is 76.0 Å². The van der Waals surface area contributed by atoms with Crippen molar-refractivity contribution < 1.29 is 9.59 Å². The second-order valence-electron chi connectivity index (χ2n) is 2.65. The number of aryl methyl sites for hydroxylation is 1. The summed E-state index contributed by atoms with van der Waals surface area (Å²) >= 11 is 0. The maximum atomic E-state index is 10.8. The van der Waals surface area contributed by atoms with Crippen molar-refractivity contribution >= 4 is 12.2 Å². The summed E-state index contributed by atoms with van der Waals surface area (Å²) in [4.78, 5) is 24.0. The van der Waals surface area contributed by atoms with Crippen LogP contribution in [0.5, 0.6) is 0 Å². The summed E-state index contributed by atoms with van der Waals surface area (Å²) in [6.07, 6.45) is 0.716. The molecule has 4 nitrogen and oxygen atoms in total. The number of rotatable bonds is 2. The molecule has 64 valence electrons. The first-order chi connectivity index (χ1) is 5.57. The second-order valence-corrected chi connectivity index (χ2v) is 2.65. The van der Waals surface area contributed by atoms with Gasteiger partial charge in [-0.2, -0.15) is 0 Å². The van der Waals surface area contributed by atoms with Crippen LogP contribution >= 0.6 is 0 Å². The molecule has 1 rings (SSSR count). The average Bonchev–Trinajstić information content (AvgIpc) is 2.27. The Kier molecular flexibility index (Phi) is 1.99. The summed E-state index contributed by atoms with van der Waals surface area (Å²) in [5.74, 6) is -0.538. The molecular formula is C8H10N2O2. The number of amides is 1. The van der Waals surface area contributed by atoms with Crippen molar-refractivity contribution in [2.75, 3.05) is 0 Å². The van der Waals surface area contributed by atoms with Gasteiger partial charge in [0.1, 0.15) is 5.69 Å². The van der Waals surface area contributed by atoms with Gasteiger partial charge in [0.15, 0.2) is 6.29 Å². The van der Waals surface area contributed by atoms with Crippen LogP contribution < -0.4 is 5.73 Å². The zero-order chi connectivity index (χ0) is 9.30. The maximum absolute atomic E-state index is 10.8. The molecule has 0 fully saturated rings. The standard InChI is InChI=1S/C8H10N2O2/c1-4-6(3-11)5(2)10-7(4)8(9)12/h3,10H,1-2H3,(H2,9,12). The predicted molar refractivity (Wildman–Crippen MR) is 44.2 cm³/mol. The largest absolute Gasteiger partial charge is 0.364 e. The molecule has 0 unspecified atom stereocenters. The van der Waals surface area contributed by atoms with Gasteiger partial charge >= 0.3 is 0 Å². The Morgan fingerprint density at radius 3 is 2.33 bits per heavy atom. The number of nitrogens with one attached hydrogen (secondary N) is 1. The minimum atomic E-state index is -0.538. The Morgan fingerprint density at radius 2 is 2.08 bits per heavy atom. The Hall–Kier alpha value is -1.58. The third kappa shape index (κ3) is 1.11. The first kappa shape index (κ1) is 8.52. The minimum Gasteiger partial charge on any atom is -0.364 e. The number of aldehydes is 1. The van der Waals surface area contributed by atoms with Gasteiger partial charge in [0.05, 0.1) is 0 Å². The third-order valence-corrected chi connectivity index (χ3v) is 1.86. The van der Waals surface area contributed by atoms with Crippen molar-refractivity contribution in [3.05, 3.63) is 22.5 Å². The molecular weight excluding hydrogens is 156 g/mol. The fraction of sp³-hybridized carbons (Fsp3) is 0.250. The van der Waals surface area contributed by atoms with Crippen LogP contribution in [-0.4, -0.2) is 17.2 Å². The van der Waals surface area contributed by atoms with Crippen LogP contribution in [0.4, 0.5) is 0 Å². The van der Waals surface area contributed by atoms with Gasteiger partial charge in [-0.25, -0.2) is 0 Å². The summed E-state index contributed by atoms with van der Waals surface area (Å²) < 4.78 is 0. The van der Waals surface area contributed by atoms with Crippen LogP contribution in [0, 0.1) is 13.8 Å². The summed E-state index contributed by atoms with van der Waals surface area (Å²) in [6.45, 7) is 3.41. The van der Waals surface area contributed by atoms with Crippen LogP contribution in [0.1, 0.15) is 32.1 Å². The van der Waals surface area contributed by atoms with E-state index in [4.69, 9.17) is 5.73 Å². The molecule has 0 aliphatic rings. The lowest BCUT2D eigenvalue weighted by Gasteiger charge is -1.91. The number of hydrogen-bond donors (Lipinski definition) is 2. The Bertz CT molecular complexity index is 339. The predicted octanol–water partition coefficient (Wildman–Crippen LogP) is 0.543. The molecule has 0 aliphatic carbocycles. The van der Waals surface area contributed by atoms with Gasteiger partial charge in [0.25, 0.3) is 5.91 Å². The third-order valence-electron chi connectivity index (χ3n) is 1.86. The van der Waals surface area contributed by atoms with E-state index >= 15 is 0 Å². The van der Waals surface area contributed by atoms with Gasteiger partial charge in [-0.15, -0.1) is 0 Å². The Balaban J connectivity index is 3.35. The van der Waals surface area contributed by atoms with Crippen LogP contribution in [0.25, 0.3) is 0 Å². The number of H-pyrrole nitrogens is 1. The molecule has 1 amide bonds. The highest BCUT2D eigenvalue weighted by atomic mass is 16.1. The first-order valence-corrected chi connectivity index (χ1v) is 3.52. The molecule has 0 spiro atoms. The molecule has 0 aliphatic heterocycles. The van der Waals surface area contributed by atoms with E-state index in [2.05, 4.69) is 4.98 Å². The van der Waals surface area contributed by atoms with E-state index in [9.17, 15) is 9.59 Å². The van der Waals surface area contributed by atoms with E-state index < -0.39 is 5.91 Å². The van der Waals surface area contributed by atoms with E-state index in [0.29, 0.717) is 28.8 Å². The van der Waals surface area contributed by atoms with E-state index in [1.54, 1.807) is 13.8 Å². The van der Waals surface area contributed by atoms with Crippen molar-refractivity contribution in [1.29, 1.82) is 0 Å². The smallest absolute Gasteiger partial charge is 0.265 e. The fourth-order valence-corrected chi connectivity index (χ4v) is 1.19. The molecule has 1 aromatic rings. The van der Waals surface area contributed by atoms with Crippen LogP contribution in [-0.2, 0) is 0 Å². The van der Waals surface area contributed by atoms with Crippen molar-refractivity contribution in [1.82, 2.24) is 4.98 Å². The lowest BCUT2D eigenvalue weighted by Crippen LogP contribution is -2.12. The lowest BCUT2D eigenvalue weighted by molar-refractivity contribution is 0.0995. The molecule has 4 heteroatoms. The summed E-state index contributed by atoms with van der Waals surface area (Å²) in [7, 11) is 0. The quantitative estimate of drug-likeness (QED) is 0.629. The van der Waals surface area contributed by atoms with Gasteiger partial charge in [0.2, 0.25) is 0 Å². The number of aromatic nitrogens is 1. The van der Waals surface area contributed by atoms with Crippen molar-refractivity contribution in [3.8, 4) is 0 Å². The highest BCUT2D eigenvalue weighted by Crippen LogP contribution is 2.14. The zero-order valence-electron chi connectivity index (χ0n) is 6.97. The summed E-state index contributed by atoms with van der Waals surface area (Å²) in [5, 5.41) is 0. The van der Waals surface area contributed by atoms with Crippen LogP contribution in [0.2, 0.25) is 0 Å². The minimum absolute atomic E-state index is 0.314. The van der Waals surface area contributed by atoms with Crippen molar-refractivity contribution in [2.24, 2.45) is 5.73 Å². The molecule has 12 heavy (non-hydrogen) atoms. The van der Waals surface area contributed by atoms with Gasteiger partial charge in [-0.1, -0.05) is 0 Å². The molecule has 0 saturated heterocycles. The fourth-order valence-electron chi connectivity index (χ4n) is 1.19. The van der Waals surface area contributed by atoms with Crippen LogP contribution in [0.3, 0.4) is 0 Å². The monoisotopic (exact) mass is 166 g/mol. The van der Waals surface area contributed by atoms with Gasteiger partial charge in [-0.3, -0.25) is 9.59 Å². The van der Waals surface area contributed by atoms with Gasteiger partial charge in [-0.05, 0) is 19.4 Å². The molecule has 1 heterocycles. The highest BCUT2D eigenvalue weighted by Gasteiger charge is 2.13. The lowest BCUT2D eigenvalue weighted by atomic mass is 10.1. The number of nitrogens with two attached hydrogens (primary N) is 1. The molecule has 0 radical (unpaired) electrons. The van der Waals surface area contributed by atoms with Gasteiger partial charge < -0.3 is 10.7 Å². The first-order valence-electron chi connectivity index (χ1n) is 3.52. The van der Waals surface area contributed by atoms with E-state index in [1.165, 1.54) is 0 Å². The molecule has 3 N–H and O–H groups in total. The number of hydrogen-bond acceptors (Lipinski definition) is 2. The van der Waals surface area contributed by atoms with E-state index in [0.717, 1.165) is 0 Å². The van der Waals surface area contributed by atoms with Gasteiger partial charge in [0, 0.05) is 11.3 Å². The number of carbonyl (C=O) groups is 2. The summed E-state index contributed by atoms with van der Waals surface area (Å²) in [5.41, 5.74) is 7.19. The number of aromatic amines is 1. The molecule has 0 bridgehead atoms. The number of carbonyl (C=O) groups excluding carboxylic acids is 2. The van der Waals surface area contributed by atoms with Crippen molar-refractivity contribution in [2.45, 2.75) is 13.8 Å². The molecule has 0 atom stereocenters. The normalized spacial score (nSPS) is 9.83. The molecule has 1 aromatic heterocycles. The zero-order valence-corrected chi connectivity index (χ0v) is 6.97. The van der Waals surface area contributed by atoms with Crippen LogP contribution in [0.15, 0.2) is 0 Å². The highest BCUT2D eigenvalue weighted by molar-refractivity contribution is 5.96. The molecule has 0 saturated carbocycles. The average molecular weight is 166 g/mol. The summed E-state index contributed by atoms with van der Waals surface area (Å²) in [6, 6.07) is 0. The van der Waals surface area contributed by atoms with Crippen molar-refractivity contribution in [3.63, 3.8) is 0 Å². The Labute approximate surface area is 69.8 Å². The Morgan fingerprint density at radius 1 is 1.50 bits per heavy atom. The van der Waals surface area contributed by atoms with E-state index in [1.807, 2.05) is 0 Å². The van der Waals surface area contributed by atoms with E-state index in [-0.39, 0.29) is 0 Å². The molecule has 0 aromatic carbocycles. The number of primary amides is 1. The maximum Gasteiger partial charge on any atom is 0.265 e. The second kappa shape index (κ2) is 2.81.